The second-order valence-electron chi connectivity index (χ2n) is 2.44. The summed E-state index contributed by atoms with van der Waals surface area (Å²) in [5, 5.41) is 3.02. The van der Waals surface area contributed by atoms with Crippen molar-refractivity contribution in [2.45, 2.75) is 0 Å². The number of ether oxygens (including phenoxy) is 1. The van der Waals surface area contributed by atoms with Crippen molar-refractivity contribution >= 4 is 34.2 Å². The molecule has 0 radical (unpaired) electrons. The summed E-state index contributed by atoms with van der Waals surface area (Å²) in [5.74, 6) is -0.305. The predicted octanol–water partition coefficient (Wildman–Crippen LogP) is 2.12. The van der Waals surface area contributed by atoms with Gasteiger partial charge in [0.15, 0.2) is 0 Å². The fourth-order valence-corrected chi connectivity index (χ4v) is 1.75. The largest absolute Gasteiger partial charge is 0.465 e. The Morgan fingerprint density at radius 2 is 2.23 bits per heavy atom. The molecule has 0 saturated heterocycles. The number of anilines is 1. The van der Waals surface area contributed by atoms with Gasteiger partial charge in [-0.2, -0.15) is 0 Å². The second-order valence-corrected chi connectivity index (χ2v) is 3.60. The lowest BCUT2D eigenvalue weighted by molar-refractivity contribution is 0.0600. The summed E-state index contributed by atoms with van der Waals surface area (Å²) in [5.41, 5.74) is 1.58. The van der Waals surface area contributed by atoms with E-state index in [1.807, 2.05) is 13.1 Å². The van der Waals surface area contributed by atoms with Crippen LogP contribution < -0.4 is 5.32 Å². The topological polar surface area (TPSA) is 38.3 Å². The van der Waals surface area contributed by atoms with E-state index in [9.17, 15) is 4.79 Å². The minimum atomic E-state index is -0.305. The van der Waals surface area contributed by atoms with Crippen LogP contribution in [0.4, 0.5) is 5.69 Å². The van der Waals surface area contributed by atoms with E-state index in [4.69, 9.17) is 0 Å². The molecule has 0 amide bonds. The Morgan fingerprint density at radius 1 is 1.54 bits per heavy atom. The molecule has 0 saturated carbocycles. The molecule has 13 heavy (non-hydrogen) atoms. The van der Waals surface area contributed by atoms with Gasteiger partial charge in [-0.1, -0.05) is 0 Å². The van der Waals surface area contributed by atoms with E-state index in [1.54, 1.807) is 12.1 Å². The van der Waals surface area contributed by atoms with Crippen molar-refractivity contribution in [3.05, 3.63) is 27.3 Å². The van der Waals surface area contributed by atoms with Crippen molar-refractivity contribution in [3.63, 3.8) is 0 Å². The molecule has 0 heterocycles. The highest BCUT2D eigenvalue weighted by Gasteiger charge is 2.06. The number of esters is 1. The summed E-state index contributed by atoms with van der Waals surface area (Å²) in [6.07, 6.45) is 0. The van der Waals surface area contributed by atoms with Crippen LogP contribution in [0.25, 0.3) is 0 Å². The molecule has 70 valence electrons. The first-order chi connectivity index (χ1) is 6.19. The summed E-state index contributed by atoms with van der Waals surface area (Å²) in [6, 6.07) is 5.38. The van der Waals surface area contributed by atoms with Crippen LogP contribution in [0.5, 0.6) is 0 Å². The highest BCUT2D eigenvalue weighted by molar-refractivity contribution is 14.1. The molecule has 0 aliphatic carbocycles. The fraction of sp³-hybridized carbons (Fsp3) is 0.222. The maximum atomic E-state index is 11.1. The molecule has 1 rings (SSSR count). The van der Waals surface area contributed by atoms with Crippen LogP contribution >= 0.6 is 22.6 Å². The maximum absolute atomic E-state index is 11.1. The lowest BCUT2D eigenvalue weighted by Crippen LogP contribution is -2.02. The average Bonchev–Trinajstić information content (AvgIpc) is 2.16. The first-order valence-corrected chi connectivity index (χ1v) is 4.82. The van der Waals surface area contributed by atoms with Gasteiger partial charge in [-0.05, 0) is 40.8 Å². The molecule has 0 aliphatic rings. The Hall–Kier alpha value is -0.780. The Kier molecular flexibility index (Phi) is 3.53. The van der Waals surface area contributed by atoms with Gasteiger partial charge in [-0.25, -0.2) is 4.79 Å². The average molecular weight is 291 g/mol. The van der Waals surface area contributed by atoms with Crippen LogP contribution in [-0.4, -0.2) is 20.1 Å². The zero-order valence-corrected chi connectivity index (χ0v) is 9.58. The highest BCUT2D eigenvalue weighted by atomic mass is 127. The van der Waals surface area contributed by atoms with Crippen LogP contribution in [0.3, 0.4) is 0 Å². The summed E-state index contributed by atoms with van der Waals surface area (Å²) < 4.78 is 5.60. The lowest BCUT2D eigenvalue weighted by Gasteiger charge is -2.05. The van der Waals surface area contributed by atoms with Gasteiger partial charge in [-0.15, -0.1) is 0 Å². The second kappa shape index (κ2) is 4.45. The molecule has 1 aromatic rings. The van der Waals surface area contributed by atoms with Crippen molar-refractivity contribution in [2.75, 3.05) is 19.5 Å². The molecular formula is C9H10INO2. The van der Waals surface area contributed by atoms with Crippen LogP contribution in [0.15, 0.2) is 18.2 Å². The van der Waals surface area contributed by atoms with Gasteiger partial charge in [0.05, 0.1) is 12.7 Å². The minimum absolute atomic E-state index is 0.305. The molecule has 0 bridgehead atoms. The molecule has 1 N–H and O–H groups in total. The number of hydrogen-bond donors (Lipinski definition) is 1. The van der Waals surface area contributed by atoms with E-state index in [0.717, 1.165) is 9.26 Å². The molecule has 0 spiro atoms. The summed E-state index contributed by atoms with van der Waals surface area (Å²) in [4.78, 5) is 11.1. The third kappa shape index (κ3) is 2.33. The zero-order chi connectivity index (χ0) is 9.84. The van der Waals surface area contributed by atoms with Crippen molar-refractivity contribution < 1.29 is 9.53 Å². The van der Waals surface area contributed by atoms with Crippen molar-refractivity contribution in [1.29, 1.82) is 0 Å². The van der Waals surface area contributed by atoms with Crippen molar-refractivity contribution in [2.24, 2.45) is 0 Å². The number of carbonyl (C=O) groups excluding carboxylic acids is 1. The monoisotopic (exact) mass is 291 g/mol. The predicted molar refractivity (Wildman–Crippen MR) is 60.0 cm³/mol. The van der Waals surface area contributed by atoms with Gasteiger partial charge in [0.2, 0.25) is 0 Å². The fourth-order valence-electron chi connectivity index (χ4n) is 0.963. The van der Waals surface area contributed by atoms with Crippen LogP contribution in [0, 0.1) is 3.57 Å². The molecule has 3 nitrogen and oxygen atoms in total. The number of benzene rings is 1. The van der Waals surface area contributed by atoms with Gasteiger partial charge in [0.1, 0.15) is 0 Å². The quantitative estimate of drug-likeness (QED) is 0.670. The Labute approximate surface area is 90.6 Å². The normalized spacial score (nSPS) is 9.46. The summed E-state index contributed by atoms with van der Waals surface area (Å²) in [7, 11) is 3.22. The molecule has 0 atom stereocenters. The van der Waals surface area contributed by atoms with Gasteiger partial charge in [-0.3, -0.25) is 0 Å². The summed E-state index contributed by atoms with van der Waals surface area (Å²) >= 11 is 2.17. The van der Waals surface area contributed by atoms with E-state index >= 15 is 0 Å². The third-order valence-electron chi connectivity index (χ3n) is 1.66. The number of nitrogens with one attached hydrogen (secondary N) is 1. The van der Waals surface area contributed by atoms with Crippen LogP contribution in [0.2, 0.25) is 0 Å². The Bertz CT molecular complexity index is 325. The third-order valence-corrected chi connectivity index (χ3v) is 2.55. The smallest absolute Gasteiger partial charge is 0.337 e. The summed E-state index contributed by atoms with van der Waals surface area (Å²) in [6.45, 7) is 0. The number of halogens is 1. The zero-order valence-electron chi connectivity index (χ0n) is 7.43. The van der Waals surface area contributed by atoms with Gasteiger partial charge >= 0.3 is 5.97 Å². The van der Waals surface area contributed by atoms with Crippen LogP contribution in [-0.2, 0) is 4.74 Å². The van der Waals surface area contributed by atoms with E-state index in [2.05, 4.69) is 32.6 Å². The Morgan fingerprint density at radius 3 is 2.69 bits per heavy atom. The SMILES string of the molecule is CNc1ccc(C(=O)OC)cc1I. The number of hydrogen-bond acceptors (Lipinski definition) is 3. The number of carbonyl (C=O) groups is 1. The molecule has 1 aromatic carbocycles. The molecule has 0 fully saturated rings. The Balaban J connectivity index is 3.02. The molecule has 0 aromatic heterocycles. The molecule has 4 heteroatoms. The molecule has 0 unspecified atom stereocenters. The van der Waals surface area contributed by atoms with E-state index in [-0.39, 0.29) is 5.97 Å². The molecular weight excluding hydrogens is 281 g/mol. The standard InChI is InChI=1S/C9H10INO2/c1-11-8-4-3-6(5-7(8)10)9(12)13-2/h3-5,11H,1-2H3. The number of methoxy groups -OCH3 is 1. The molecule has 0 aliphatic heterocycles. The van der Waals surface area contributed by atoms with Crippen molar-refractivity contribution in [1.82, 2.24) is 0 Å². The minimum Gasteiger partial charge on any atom is -0.465 e. The van der Waals surface area contributed by atoms with Gasteiger partial charge < -0.3 is 10.1 Å². The highest BCUT2D eigenvalue weighted by Crippen LogP contribution is 2.19. The lowest BCUT2D eigenvalue weighted by atomic mass is 10.2. The van der Waals surface area contributed by atoms with Gasteiger partial charge in [0, 0.05) is 16.3 Å². The van der Waals surface area contributed by atoms with Gasteiger partial charge in [0.25, 0.3) is 0 Å². The van der Waals surface area contributed by atoms with Crippen molar-refractivity contribution in [3.8, 4) is 0 Å². The van der Waals surface area contributed by atoms with Crippen LogP contribution in [0.1, 0.15) is 10.4 Å². The first-order valence-electron chi connectivity index (χ1n) is 3.74. The van der Waals surface area contributed by atoms with E-state index in [0.29, 0.717) is 5.56 Å². The first kappa shape index (κ1) is 10.3. The number of rotatable bonds is 2. The van der Waals surface area contributed by atoms with E-state index in [1.165, 1.54) is 7.11 Å². The maximum Gasteiger partial charge on any atom is 0.337 e. The van der Waals surface area contributed by atoms with E-state index < -0.39 is 0 Å².